The summed E-state index contributed by atoms with van der Waals surface area (Å²) >= 11 is 0. The molecule has 0 bridgehead atoms. The Hall–Kier alpha value is -3.02. The molecule has 4 rings (SSSR count). The molecule has 0 aliphatic rings. The lowest BCUT2D eigenvalue weighted by atomic mass is 10.1. The first-order valence-corrected chi connectivity index (χ1v) is 6.19. The summed E-state index contributed by atoms with van der Waals surface area (Å²) in [6, 6.07) is 16.0. The Morgan fingerprint density at radius 1 is 0.800 bits per heavy atom. The van der Waals surface area contributed by atoms with Gasteiger partial charge in [0.15, 0.2) is 0 Å². The van der Waals surface area contributed by atoms with E-state index >= 15 is 0 Å². The number of hydrogen-bond donors (Lipinski definition) is 2. The molecule has 0 amide bonds. The Kier molecular flexibility index (Phi) is 2.32. The smallest absolute Gasteiger partial charge is 0.204 e. The molecule has 0 saturated heterocycles. The summed E-state index contributed by atoms with van der Waals surface area (Å²) in [5.41, 5.74) is 3.95. The fourth-order valence-corrected chi connectivity index (χ4v) is 2.24. The van der Waals surface area contributed by atoms with Crippen LogP contribution in [-0.4, -0.2) is 30.8 Å². The highest BCUT2D eigenvalue weighted by Crippen LogP contribution is 2.27. The van der Waals surface area contributed by atoms with Crippen molar-refractivity contribution in [3.8, 4) is 22.6 Å². The molecule has 6 nitrogen and oxygen atoms in total. The number of aromatic nitrogens is 6. The second-order valence-electron chi connectivity index (χ2n) is 4.43. The average Bonchev–Trinajstić information content (AvgIpc) is 3.17. The molecule has 2 aromatic carbocycles. The van der Waals surface area contributed by atoms with E-state index in [4.69, 9.17) is 0 Å². The standard InChI is InChI=1S/C14H10N6/c1-2-4-12-11(3-1)13(16-15-12)9-5-7-10(8-6-9)14-17-19-20-18-14/h1-8H,(H,15,16)(H,17,18,19,20). The van der Waals surface area contributed by atoms with E-state index in [0.29, 0.717) is 5.82 Å². The lowest BCUT2D eigenvalue weighted by molar-refractivity contribution is 0.881. The van der Waals surface area contributed by atoms with Crippen molar-refractivity contribution in [3.05, 3.63) is 48.5 Å². The minimum absolute atomic E-state index is 0.587. The molecular weight excluding hydrogens is 252 g/mol. The lowest BCUT2D eigenvalue weighted by Crippen LogP contribution is -1.83. The molecule has 6 heteroatoms. The van der Waals surface area contributed by atoms with Gasteiger partial charge in [0.2, 0.25) is 5.82 Å². The molecule has 0 aliphatic carbocycles. The second kappa shape index (κ2) is 4.27. The van der Waals surface area contributed by atoms with Crippen LogP contribution in [-0.2, 0) is 0 Å². The average molecular weight is 262 g/mol. The van der Waals surface area contributed by atoms with Gasteiger partial charge in [-0.3, -0.25) is 5.10 Å². The zero-order chi connectivity index (χ0) is 13.4. The van der Waals surface area contributed by atoms with Crippen LogP contribution in [0.4, 0.5) is 0 Å². The summed E-state index contributed by atoms with van der Waals surface area (Å²) in [6.07, 6.45) is 0. The molecule has 0 unspecified atom stereocenters. The van der Waals surface area contributed by atoms with E-state index in [1.807, 2.05) is 42.5 Å². The van der Waals surface area contributed by atoms with E-state index in [1.165, 1.54) is 0 Å². The summed E-state index contributed by atoms with van der Waals surface area (Å²) < 4.78 is 0. The largest absolute Gasteiger partial charge is 0.277 e. The molecular formula is C14H10N6. The Balaban J connectivity index is 1.79. The van der Waals surface area contributed by atoms with Gasteiger partial charge < -0.3 is 0 Å². The number of H-pyrrole nitrogens is 2. The Morgan fingerprint density at radius 2 is 1.60 bits per heavy atom. The van der Waals surface area contributed by atoms with Gasteiger partial charge in [-0.15, -0.1) is 10.2 Å². The SMILES string of the molecule is c1ccc2c(-c3ccc(-c4nn[nH]n4)cc3)n[nH]c2c1. The Bertz CT molecular complexity index is 845. The van der Waals surface area contributed by atoms with E-state index in [-0.39, 0.29) is 0 Å². The summed E-state index contributed by atoms with van der Waals surface area (Å²) in [5, 5.41) is 22.5. The Morgan fingerprint density at radius 3 is 2.40 bits per heavy atom. The normalized spacial score (nSPS) is 11.0. The highest BCUT2D eigenvalue weighted by molar-refractivity contribution is 5.92. The van der Waals surface area contributed by atoms with Gasteiger partial charge in [0.05, 0.1) is 11.2 Å². The van der Waals surface area contributed by atoms with E-state index in [2.05, 4.69) is 36.9 Å². The number of para-hydroxylation sites is 1. The van der Waals surface area contributed by atoms with Crippen molar-refractivity contribution >= 4 is 10.9 Å². The fraction of sp³-hybridized carbons (Fsp3) is 0. The molecule has 0 atom stereocenters. The number of rotatable bonds is 2. The summed E-state index contributed by atoms with van der Waals surface area (Å²) in [7, 11) is 0. The van der Waals surface area contributed by atoms with Crippen molar-refractivity contribution in [1.82, 2.24) is 30.8 Å². The van der Waals surface area contributed by atoms with Gasteiger partial charge in [-0.05, 0) is 11.3 Å². The van der Waals surface area contributed by atoms with Gasteiger partial charge in [-0.25, -0.2) is 0 Å². The van der Waals surface area contributed by atoms with Crippen LogP contribution in [0.1, 0.15) is 0 Å². The molecule has 2 heterocycles. The van der Waals surface area contributed by atoms with Gasteiger partial charge in [0.1, 0.15) is 0 Å². The highest BCUT2D eigenvalue weighted by atomic mass is 15.5. The van der Waals surface area contributed by atoms with Crippen LogP contribution in [0.3, 0.4) is 0 Å². The first-order valence-electron chi connectivity index (χ1n) is 6.19. The van der Waals surface area contributed by atoms with Gasteiger partial charge in [0.25, 0.3) is 0 Å². The number of tetrazole rings is 1. The summed E-state index contributed by atoms with van der Waals surface area (Å²) in [6.45, 7) is 0. The minimum atomic E-state index is 0.587. The van der Waals surface area contributed by atoms with Gasteiger partial charge in [-0.2, -0.15) is 10.3 Å². The highest BCUT2D eigenvalue weighted by Gasteiger charge is 2.08. The third-order valence-corrected chi connectivity index (χ3v) is 3.23. The van der Waals surface area contributed by atoms with Crippen molar-refractivity contribution in [1.29, 1.82) is 0 Å². The van der Waals surface area contributed by atoms with Crippen LogP contribution in [0.2, 0.25) is 0 Å². The predicted octanol–water partition coefficient (Wildman–Crippen LogP) is 2.41. The van der Waals surface area contributed by atoms with Crippen LogP contribution in [0, 0.1) is 0 Å². The van der Waals surface area contributed by atoms with E-state index in [9.17, 15) is 0 Å². The minimum Gasteiger partial charge on any atom is -0.277 e. The van der Waals surface area contributed by atoms with Crippen molar-refractivity contribution in [2.45, 2.75) is 0 Å². The molecule has 0 saturated carbocycles. The molecule has 0 aliphatic heterocycles. The monoisotopic (exact) mass is 262 g/mol. The number of fused-ring (bicyclic) bond motifs is 1. The second-order valence-corrected chi connectivity index (χ2v) is 4.43. The molecule has 2 N–H and O–H groups in total. The number of nitrogens with zero attached hydrogens (tertiary/aromatic N) is 4. The van der Waals surface area contributed by atoms with Gasteiger partial charge in [-0.1, -0.05) is 42.5 Å². The van der Waals surface area contributed by atoms with Crippen LogP contribution < -0.4 is 0 Å². The first-order chi connectivity index (χ1) is 9.92. The van der Waals surface area contributed by atoms with Crippen LogP contribution in [0.5, 0.6) is 0 Å². The summed E-state index contributed by atoms with van der Waals surface area (Å²) in [5.74, 6) is 0.587. The quantitative estimate of drug-likeness (QED) is 0.581. The maximum atomic E-state index is 4.38. The fourth-order valence-electron chi connectivity index (χ4n) is 2.24. The zero-order valence-electron chi connectivity index (χ0n) is 10.4. The van der Waals surface area contributed by atoms with Crippen molar-refractivity contribution in [3.63, 3.8) is 0 Å². The van der Waals surface area contributed by atoms with E-state index in [1.54, 1.807) is 0 Å². The molecule has 96 valence electrons. The molecule has 4 aromatic rings. The number of hydrogen-bond acceptors (Lipinski definition) is 4. The number of benzene rings is 2. The van der Waals surface area contributed by atoms with Crippen LogP contribution in [0.15, 0.2) is 48.5 Å². The molecule has 20 heavy (non-hydrogen) atoms. The summed E-state index contributed by atoms with van der Waals surface area (Å²) in [4.78, 5) is 0. The molecule has 0 spiro atoms. The van der Waals surface area contributed by atoms with E-state index in [0.717, 1.165) is 27.7 Å². The maximum absolute atomic E-state index is 4.38. The maximum Gasteiger partial charge on any atom is 0.204 e. The predicted molar refractivity (Wildman–Crippen MR) is 74.7 cm³/mol. The van der Waals surface area contributed by atoms with Crippen LogP contribution >= 0.6 is 0 Å². The molecule has 0 radical (unpaired) electrons. The number of aromatic amines is 2. The van der Waals surface area contributed by atoms with E-state index < -0.39 is 0 Å². The van der Waals surface area contributed by atoms with Crippen LogP contribution in [0.25, 0.3) is 33.5 Å². The van der Waals surface area contributed by atoms with Gasteiger partial charge in [0, 0.05) is 16.5 Å². The van der Waals surface area contributed by atoms with Crippen molar-refractivity contribution in [2.24, 2.45) is 0 Å². The van der Waals surface area contributed by atoms with Crippen molar-refractivity contribution < 1.29 is 0 Å². The van der Waals surface area contributed by atoms with Crippen molar-refractivity contribution in [2.75, 3.05) is 0 Å². The third-order valence-electron chi connectivity index (χ3n) is 3.23. The topological polar surface area (TPSA) is 83.1 Å². The first kappa shape index (κ1) is 10.9. The molecule has 2 aromatic heterocycles. The lowest BCUT2D eigenvalue weighted by Gasteiger charge is -1.99. The third kappa shape index (κ3) is 1.66. The molecule has 0 fully saturated rings. The van der Waals surface area contributed by atoms with Gasteiger partial charge >= 0.3 is 0 Å². The number of nitrogens with one attached hydrogen (secondary N) is 2. The zero-order valence-corrected chi connectivity index (χ0v) is 10.4. The Labute approximate surface area is 113 Å².